The normalized spacial score (nSPS) is 18.2. The van der Waals surface area contributed by atoms with Crippen LogP contribution in [0.1, 0.15) is 145 Å². The first-order chi connectivity index (χ1) is 43.4. The molecule has 2 fully saturated rings. The molecule has 0 spiro atoms. The van der Waals surface area contributed by atoms with Crippen LogP contribution in [0.2, 0.25) is 0 Å². The van der Waals surface area contributed by atoms with E-state index in [0.717, 1.165) is 28.9 Å². The average molecular weight is 1190 g/mol. The van der Waals surface area contributed by atoms with E-state index in [0.29, 0.717) is 12.1 Å². The second kappa shape index (κ2) is 21.5. The number of benzene rings is 10. The lowest BCUT2D eigenvalue weighted by molar-refractivity contribution is 0.179. The van der Waals surface area contributed by atoms with Gasteiger partial charge in [0.05, 0.1) is 16.7 Å². The molecular weight excluding hydrogens is 1100 g/mol. The number of hydrogen-bond acceptors (Lipinski definition) is 3. The minimum atomic E-state index is -0.0942. The summed E-state index contributed by atoms with van der Waals surface area (Å²) in [4.78, 5) is 8.12. The summed E-state index contributed by atoms with van der Waals surface area (Å²) < 4.78 is 2.59. The molecule has 1 aromatic heterocycles. The fourth-order valence-electron chi connectivity index (χ4n) is 16.3. The van der Waals surface area contributed by atoms with Gasteiger partial charge < -0.3 is 19.3 Å². The van der Waals surface area contributed by atoms with E-state index >= 15 is 0 Å². The minimum absolute atomic E-state index is 0.0317. The molecule has 2 bridgehead atoms. The molecule has 0 amide bonds. The van der Waals surface area contributed by atoms with E-state index in [4.69, 9.17) is 0 Å². The highest BCUT2D eigenvalue weighted by atomic mass is 15.2. The Bertz CT molecular complexity index is 4530. The van der Waals surface area contributed by atoms with E-state index in [2.05, 4.69) is 329 Å². The van der Waals surface area contributed by atoms with Gasteiger partial charge in [0.2, 0.25) is 0 Å². The van der Waals surface area contributed by atoms with Gasteiger partial charge in [-0.15, -0.1) is 0 Å². The number of hydrogen-bond donors (Lipinski definition) is 0. The second-order valence-corrected chi connectivity index (χ2v) is 31.8. The largest absolute Gasteiger partial charge is 0.366 e. The van der Waals surface area contributed by atoms with E-state index in [1.807, 2.05) is 0 Å². The van der Waals surface area contributed by atoms with Gasteiger partial charge in [0.25, 0.3) is 6.71 Å². The first kappa shape index (κ1) is 58.8. The lowest BCUT2D eigenvalue weighted by Gasteiger charge is -2.51. The van der Waals surface area contributed by atoms with Crippen LogP contribution in [0.4, 0.5) is 39.8 Å². The lowest BCUT2D eigenvalue weighted by atomic mass is 9.33. The molecule has 4 aliphatic rings. The van der Waals surface area contributed by atoms with Crippen LogP contribution in [0.5, 0.6) is 0 Å². The summed E-state index contributed by atoms with van der Waals surface area (Å²) >= 11 is 0. The van der Waals surface area contributed by atoms with Crippen molar-refractivity contribution >= 4 is 84.7 Å². The van der Waals surface area contributed by atoms with Crippen LogP contribution in [0.25, 0.3) is 60.9 Å². The lowest BCUT2D eigenvalue weighted by Crippen LogP contribution is -2.61. The van der Waals surface area contributed by atoms with Gasteiger partial charge in [0.15, 0.2) is 0 Å². The molecule has 4 nitrogen and oxygen atoms in total. The quantitative estimate of drug-likeness (QED) is 0.148. The van der Waals surface area contributed by atoms with Crippen LogP contribution in [0.15, 0.2) is 212 Å². The summed E-state index contributed by atoms with van der Waals surface area (Å²) in [6.07, 6.45) is 5.10. The molecule has 15 rings (SSSR count). The molecule has 1 aliphatic carbocycles. The fraction of sp³-hybridized carbons (Fsp3) is 0.302. The van der Waals surface area contributed by atoms with Crippen molar-refractivity contribution in [2.45, 2.75) is 156 Å². The van der Waals surface area contributed by atoms with Crippen LogP contribution >= 0.6 is 0 Å². The number of fused-ring (bicyclic) bond motifs is 9. The Morgan fingerprint density at radius 2 is 0.780 bits per heavy atom. The van der Waals surface area contributed by atoms with Gasteiger partial charge in [-0.05, 0) is 217 Å². The van der Waals surface area contributed by atoms with Crippen LogP contribution in [-0.2, 0) is 21.7 Å². The highest BCUT2D eigenvalue weighted by molar-refractivity contribution is 7.00. The van der Waals surface area contributed by atoms with E-state index in [1.165, 1.54) is 148 Å². The Hall–Kier alpha value is -8.54. The van der Waals surface area contributed by atoms with Crippen molar-refractivity contribution in [1.29, 1.82) is 0 Å². The zero-order valence-electron chi connectivity index (χ0n) is 56.2. The number of anilines is 7. The fourth-order valence-corrected chi connectivity index (χ4v) is 16.3. The van der Waals surface area contributed by atoms with Gasteiger partial charge in [-0.1, -0.05) is 223 Å². The van der Waals surface area contributed by atoms with E-state index < -0.39 is 0 Å². The van der Waals surface area contributed by atoms with Crippen molar-refractivity contribution in [2.75, 3.05) is 14.7 Å². The summed E-state index contributed by atoms with van der Waals surface area (Å²) in [6.45, 7) is 32.8. The molecule has 10 aromatic carbocycles. The Balaban J connectivity index is 1.03. The number of rotatable bonds is 7. The van der Waals surface area contributed by atoms with Crippen molar-refractivity contribution in [3.63, 3.8) is 0 Å². The minimum Gasteiger partial charge on any atom is -0.366 e. The molecule has 456 valence electrons. The molecule has 3 aliphatic heterocycles. The van der Waals surface area contributed by atoms with Crippen molar-refractivity contribution in [2.24, 2.45) is 11.8 Å². The van der Waals surface area contributed by atoms with Crippen molar-refractivity contribution < 1.29 is 0 Å². The molecule has 5 heteroatoms. The predicted octanol–water partition coefficient (Wildman–Crippen LogP) is 21.5. The Morgan fingerprint density at radius 1 is 0.341 bits per heavy atom. The van der Waals surface area contributed by atoms with Gasteiger partial charge in [0.1, 0.15) is 0 Å². The molecule has 11 aromatic rings. The highest BCUT2D eigenvalue weighted by Gasteiger charge is 2.46. The molecule has 4 unspecified atom stereocenters. The van der Waals surface area contributed by atoms with Crippen LogP contribution in [-0.4, -0.2) is 23.4 Å². The molecule has 1 saturated carbocycles. The number of aromatic nitrogens is 1. The van der Waals surface area contributed by atoms with Gasteiger partial charge in [0, 0.05) is 62.7 Å². The van der Waals surface area contributed by atoms with Crippen LogP contribution in [0, 0.1) is 11.8 Å². The van der Waals surface area contributed by atoms with Crippen LogP contribution < -0.4 is 31.1 Å². The summed E-state index contributed by atoms with van der Waals surface area (Å²) in [5.41, 5.74) is 28.7. The zero-order chi connectivity index (χ0) is 63.2. The van der Waals surface area contributed by atoms with Gasteiger partial charge in [-0.25, -0.2) is 0 Å². The third-order valence-corrected chi connectivity index (χ3v) is 21.2. The average Bonchev–Trinajstić information content (AvgIpc) is 0.992. The van der Waals surface area contributed by atoms with E-state index in [9.17, 15) is 0 Å². The Labute approximate surface area is 542 Å². The predicted molar refractivity (Wildman–Crippen MR) is 393 cm³/mol. The van der Waals surface area contributed by atoms with E-state index in [1.54, 1.807) is 0 Å². The maximum atomic E-state index is 2.84. The Morgan fingerprint density at radius 3 is 1.30 bits per heavy atom. The molecule has 0 radical (unpaired) electrons. The zero-order valence-corrected chi connectivity index (χ0v) is 56.2. The summed E-state index contributed by atoms with van der Waals surface area (Å²) in [6, 6.07) is 84.0. The molecule has 4 heterocycles. The maximum Gasteiger partial charge on any atom is 0.252 e. The van der Waals surface area contributed by atoms with Crippen molar-refractivity contribution in [3.05, 3.63) is 235 Å². The first-order valence-corrected chi connectivity index (χ1v) is 33.8. The molecule has 4 atom stereocenters. The summed E-state index contributed by atoms with van der Waals surface area (Å²) in [7, 11) is 0. The SMILES string of the molecule is CC1CC2CC(C)N(c3ccc4c(c3)N(c3ccc(-c5ccccc5)cc3)c3cc(-n5c6ccc(C(C)(C)C)cc6c6cc(C(C)(C)C)ccc65)cc5c3B4c3cc(-c4ccc(C(C)(C)C)cc4)ccc3N5c3ccc(-c4ccc(C(C)(C)C)cc4)cc3)C(C1)C2. The molecular formula is C86H89BN4. The third kappa shape index (κ3) is 10.3. The number of piperidine rings is 1. The molecule has 91 heavy (non-hydrogen) atoms. The monoisotopic (exact) mass is 1190 g/mol. The maximum absolute atomic E-state index is 2.84. The highest BCUT2D eigenvalue weighted by Crippen LogP contribution is 2.50. The third-order valence-electron chi connectivity index (χ3n) is 21.2. The molecule has 1 saturated heterocycles. The second-order valence-electron chi connectivity index (χ2n) is 31.8. The number of nitrogens with zero attached hydrogens (tertiary/aromatic N) is 4. The van der Waals surface area contributed by atoms with Crippen molar-refractivity contribution in [3.8, 4) is 39.1 Å². The van der Waals surface area contributed by atoms with Crippen molar-refractivity contribution in [1.82, 2.24) is 4.57 Å². The van der Waals surface area contributed by atoms with Crippen LogP contribution in [0.3, 0.4) is 0 Å². The molecule has 0 N–H and O–H groups in total. The van der Waals surface area contributed by atoms with Gasteiger partial charge in [-0.2, -0.15) is 0 Å². The summed E-state index contributed by atoms with van der Waals surface area (Å²) in [5, 5.41) is 2.57. The Kier molecular flexibility index (Phi) is 13.9. The topological polar surface area (TPSA) is 14.7 Å². The van der Waals surface area contributed by atoms with E-state index in [-0.39, 0.29) is 28.4 Å². The summed E-state index contributed by atoms with van der Waals surface area (Å²) in [5.74, 6) is 1.51. The smallest absolute Gasteiger partial charge is 0.252 e. The van der Waals surface area contributed by atoms with Gasteiger partial charge in [-0.3, -0.25) is 0 Å². The van der Waals surface area contributed by atoms with Gasteiger partial charge >= 0.3 is 0 Å². The first-order valence-electron chi connectivity index (χ1n) is 33.8. The standard InChI is InChI=1S/C86H89BN4/c1-54-44-56-46-55(2)88(70(45-54)47-56)69-39-40-74-79(51-69)90(68-37-24-59(25-38-68)57-18-16-15-17-19-57)81-53-71(91-76-42-33-65(85(9,10)11)49-72(76)73-50-66(86(12,13)14)34-43-77(73)91)52-80-82(81)87(74)75-48-62(61-22-31-64(32-23-61)84(6,7)8)28-41-78(75)89(80)67-35-26-60(27-36-67)58-20-29-63(30-21-58)83(3,4)5/h15-43,48-56,70H,44-47H2,1-14H3.